The Bertz CT molecular complexity index is 708. The van der Waals surface area contributed by atoms with E-state index in [1.54, 1.807) is 42.5 Å². The molecule has 0 atom stereocenters. The van der Waals surface area contributed by atoms with Gasteiger partial charge in [0.15, 0.2) is 6.29 Å². The topological polar surface area (TPSA) is 63.2 Å². The van der Waals surface area contributed by atoms with E-state index in [9.17, 15) is 13.2 Å². The van der Waals surface area contributed by atoms with Gasteiger partial charge < -0.3 is 0 Å². The number of hydrogen-bond acceptors (Lipinski definition) is 3. The van der Waals surface area contributed by atoms with Gasteiger partial charge in [-0.15, -0.1) is 0 Å². The zero-order valence-corrected chi connectivity index (χ0v) is 11.1. The standard InChI is InChI=1S/C14H13NO3S/c1-15-19(17,18)14-9-5-4-8-13(14)12-7-3-2-6-11(12)10-16/h2-10,15H,1H3. The first-order chi connectivity index (χ1) is 9.10. The molecule has 19 heavy (non-hydrogen) atoms. The number of aldehydes is 1. The molecule has 0 bridgehead atoms. The van der Waals surface area contributed by atoms with E-state index in [1.807, 2.05) is 0 Å². The number of carbonyl (C=O) groups excluding carboxylic acids is 1. The molecule has 5 heteroatoms. The number of hydrogen-bond donors (Lipinski definition) is 1. The summed E-state index contributed by atoms with van der Waals surface area (Å²) in [7, 11) is -2.21. The molecule has 0 unspecified atom stereocenters. The fraction of sp³-hybridized carbons (Fsp3) is 0.0714. The van der Waals surface area contributed by atoms with Crippen LogP contribution in [0, 0.1) is 0 Å². The normalized spacial score (nSPS) is 11.2. The number of rotatable bonds is 4. The third-order valence-corrected chi connectivity index (χ3v) is 4.30. The lowest BCUT2D eigenvalue weighted by atomic mass is 10.0. The van der Waals surface area contributed by atoms with Crippen molar-refractivity contribution in [1.82, 2.24) is 4.72 Å². The van der Waals surface area contributed by atoms with Gasteiger partial charge in [-0.3, -0.25) is 4.79 Å². The monoisotopic (exact) mass is 275 g/mol. The van der Waals surface area contributed by atoms with Crippen molar-refractivity contribution in [3.05, 3.63) is 54.1 Å². The van der Waals surface area contributed by atoms with Crippen molar-refractivity contribution in [2.24, 2.45) is 0 Å². The molecule has 0 fully saturated rings. The molecule has 0 spiro atoms. The predicted octanol–water partition coefficient (Wildman–Crippen LogP) is 2.07. The highest BCUT2D eigenvalue weighted by molar-refractivity contribution is 7.89. The molecule has 0 saturated heterocycles. The van der Waals surface area contributed by atoms with Crippen LogP contribution in [0.15, 0.2) is 53.4 Å². The first kappa shape index (κ1) is 13.5. The Hall–Kier alpha value is -1.98. The van der Waals surface area contributed by atoms with Crippen molar-refractivity contribution in [1.29, 1.82) is 0 Å². The lowest BCUT2D eigenvalue weighted by Gasteiger charge is -2.11. The summed E-state index contributed by atoms with van der Waals surface area (Å²) in [4.78, 5) is 11.2. The third kappa shape index (κ3) is 2.57. The highest BCUT2D eigenvalue weighted by atomic mass is 32.2. The highest BCUT2D eigenvalue weighted by Gasteiger charge is 2.18. The predicted molar refractivity (Wildman–Crippen MR) is 73.5 cm³/mol. The summed E-state index contributed by atoms with van der Waals surface area (Å²) in [5, 5.41) is 0. The summed E-state index contributed by atoms with van der Waals surface area (Å²) < 4.78 is 26.3. The van der Waals surface area contributed by atoms with E-state index < -0.39 is 10.0 Å². The Labute approximate surface area is 112 Å². The number of nitrogens with one attached hydrogen (secondary N) is 1. The second-order valence-electron chi connectivity index (χ2n) is 3.91. The van der Waals surface area contributed by atoms with Crippen LogP contribution in [0.2, 0.25) is 0 Å². The van der Waals surface area contributed by atoms with Gasteiger partial charge in [0.1, 0.15) is 0 Å². The minimum Gasteiger partial charge on any atom is -0.298 e. The molecule has 0 radical (unpaired) electrons. The van der Waals surface area contributed by atoms with Crippen LogP contribution >= 0.6 is 0 Å². The maximum atomic E-state index is 12.0. The Kier molecular flexibility index (Phi) is 3.78. The van der Waals surface area contributed by atoms with Crippen molar-refractivity contribution < 1.29 is 13.2 Å². The molecule has 0 amide bonds. The Balaban J connectivity index is 2.74. The number of carbonyl (C=O) groups is 1. The van der Waals surface area contributed by atoms with Gasteiger partial charge in [-0.2, -0.15) is 0 Å². The fourth-order valence-corrected chi connectivity index (χ4v) is 2.82. The van der Waals surface area contributed by atoms with Crippen LogP contribution in [0.1, 0.15) is 10.4 Å². The molecule has 0 saturated carbocycles. The fourth-order valence-electron chi connectivity index (χ4n) is 1.88. The van der Waals surface area contributed by atoms with Gasteiger partial charge >= 0.3 is 0 Å². The molecule has 0 aliphatic heterocycles. The first-order valence-electron chi connectivity index (χ1n) is 5.67. The van der Waals surface area contributed by atoms with E-state index in [4.69, 9.17) is 0 Å². The van der Waals surface area contributed by atoms with Crippen molar-refractivity contribution in [2.45, 2.75) is 4.90 Å². The summed E-state index contributed by atoms with van der Waals surface area (Å²) in [6, 6.07) is 13.5. The Morgan fingerprint density at radius 3 is 2.16 bits per heavy atom. The summed E-state index contributed by atoms with van der Waals surface area (Å²) in [5.74, 6) is 0. The van der Waals surface area contributed by atoms with E-state index in [2.05, 4.69) is 4.72 Å². The minimum absolute atomic E-state index is 0.159. The largest absolute Gasteiger partial charge is 0.298 e. The zero-order valence-electron chi connectivity index (χ0n) is 10.3. The molecule has 2 rings (SSSR count). The quantitative estimate of drug-likeness (QED) is 0.869. The van der Waals surface area contributed by atoms with Crippen LogP contribution in [0.5, 0.6) is 0 Å². The average Bonchev–Trinajstić information content (AvgIpc) is 2.47. The number of benzene rings is 2. The lowest BCUT2D eigenvalue weighted by molar-refractivity contribution is 0.112. The second-order valence-corrected chi connectivity index (χ2v) is 5.76. The molecule has 2 aromatic carbocycles. The van der Waals surface area contributed by atoms with Crippen LogP contribution < -0.4 is 4.72 Å². The van der Waals surface area contributed by atoms with Gasteiger partial charge in [0.25, 0.3) is 0 Å². The summed E-state index contributed by atoms with van der Waals surface area (Å²) >= 11 is 0. The lowest BCUT2D eigenvalue weighted by Crippen LogP contribution is -2.19. The van der Waals surface area contributed by atoms with Gasteiger partial charge in [0.2, 0.25) is 10.0 Å². The molecule has 1 N–H and O–H groups in total. The van der Waals surface area contributed by atoms with Crippen molar-refractivity contribution in [2.75, 3.05) is 7.05 Å². The molecule has 0 aliphatic rings. The van der Waals surface area contributed by atoms with Crippen LogP contribution in [0.4, 0.5) is 0 Å². The van der Waals surface area contributed by atoms with E-state index in [0.717, 1.165) is 6.29 Å². The van der Waals surface area contributed by atoms with E-state index in [0.29, 0.717) is 16.7 Å². The summed E-state index contributed by atoms with van der Waals surface area (Å²) in [6.45, 7) is 0. The maximum absolute atomic E-state index is 12.0. The molecule has 2 aromatic rings. The molecule has 0 aliphatic carbocycles. The van der Waals surface area contributed by atoms with Gasteiger partial charge in [0.05, 0.1) is 4.90 Å². The molecular weight excluding hydrogens is 262 g/mol. The van der Waals surface area contributed by atoms with E-state index >= 15 is 0 Å². The van der Waals surface area contributed by atoms with Crippen LogP contribution in [0.3, 0.4) is 0 Å². The third-order valence-electron chi connectivity index (χ3n) is 2.82. The van der Waals surface area contributed by atoms with E-state index in [1.165, 1.54) is 13.1 Å². The molecule has 98 valence electrons. The van der Waals surface area contributed by atoms with Gasteiger partial charge in [-0.25, -0.2) is 13.1 Å². The molecule has 0 heterocycles. The van der Waals surface area contributed by atoms with Crippen molar-refractivity contribution >= 4 is 16.3 Å². The summed E-state index contributed by atoms with van der Waals surface area (Å²) in [6.07, 6.45) is 0.720. The van der Waals surface area contributed by atoms with E-state index in [-0.39, 0.29) is 4.90 Å². The average molecular weight is 275 g/mol. The maximum Gasteiger partial charge on any atom is 0.240 e. The van der Waals surface area contributed by atoms with Crippen LogP contribution in [0.25, 0.3) is 11.1 Å². The van der Waals surface area contributed by atoms with Gasteiger partial charge in [0, 0.05) is 11.1 Å². The van der Waals surface area contributed by atoms with Crippen molar-refractivity contribution in [3.63, 3.8) is 0 Å². The smallest absolute Gasteiger partial charge is 0.240 e. The Morgan fingerprint density at radius 2 is 1.53 bits per heavy atom. The molecule has 4 nitrogen and oxygen atoms in total. The van der Waals surface area contributed by atoms with Gasteiger partial charge in [-0.1, -0.05) is 42.5 Å². The second kappa shape index (κ2) is 5.34. The summed E-state index contributed by atoms with van der Waals surface area (Å²) in [5.41, 5.74) is 1.58. The number of sulfonamides is 1. The van der Waals surface area contributed by atoms with Crippen LogP contribution in [-0.4, -0.2) is 21.8 Å². The molecule has 0 aromatic heterocycles. The van der Waals surface area contributed by atoms with Gasteiger partial charge in [-0.05, 0) is 18.7 Å². The van der Waals surface area contributed by atoms with Crippen LogP contribution in [-0.2, 0) is 10.0 Å². The highest BCUT2D eigenvalue weighted by Crippen LogP contribution is 2.29. The molecular formula is C14H13NO3S. The SMILES string of the molecule is CNS(=O)(=O)c1ccccc1-c1ccccc1C=O. The van der Waals surface area contributed by atoms with Crippen molar-refractivity contribution in [3.8, 4) is 11.1 Å². The Morgan fingerprint density at radius 1 is 0.947 bits per heavy atom. The minimum atomic E-state index is -3.57. The first-order valence-corrected chi connectivity index (χ1v) is 7.15. The zero-order chi connectivity index (χ0) is 13.9.